The van der Waals surface area contributed by atoms with Crippen LogP contribution in [0, 0.1) is 0 Å². The molecule has 4 heteroatoms. The number of aromatic hydroxyl groups is 1. The van der Waals surface area contributed by atoms with Gasteiger partial charge >= 0.3 is 0 Å². The third-order valence-electron chi connectivity index (χ3n) is 3.28. The first-order chi connectivity index (χ1) is 9.78. The number of para-hydroxylation sites is 2. The van der Waals surface area contributed by atoms with Crippen molar-refractivity contribution in [2.24, 2.45) is 5.73 Å². The largest absolute Gasteiger partial charge is 0.504 e. The summed E-state index contributed by atoms with van der Waals surface area (Å²) >= 11 is 0. The van der Waals surface area contributed by atoms with Crippen LogP contribution in [-0.4, -0.2) is 10.1 Å². The first kappa shape index (κ1) is 12.6. The van der Waals surface area contributed by atoms with Crippen LogP contribution in [0.15, 0.2) is 48.5 Å². The van der Waals surface area contributed by atoms with Crippen LogP contribution in [-0.2, 0) is 13.2 Å². The SMILES string of the molecule is NCc1cccc2[nH]c(COc3ccccc3O)cc12. The van der Waals surface area contributed by atoms with E-state index < -0.39 is 0 Å². The van der Waals surface area contributed by atoms with Gasteiger partial charge in [0.15, 0.2) is 11.5 Å². The number of phenolic OH excluding ortho intramolecular Hbond substituents is 1. The van der Waals surface area contributed by atoms with Crippen molar-refractivity contribution in [2.75, 3.05) is 0 Å². The number of hydrogen-bond acceptors (Lipinski definition) is 3. The Bertz CT molecular complexity index is 734. The van der Waals surface area contributed by atoms with Gasteiger partial charge in [0.2, 0.25) is 0 Å². The molecule has 0 atom stereocenters. The zero-order valence-electron chi connectivity index (χ0n) is 11.0. The lowest BCUT2D eigenvalue weighted by molar-refractivity contribution is 0.286. The molecule has 102 valence electrons. The molecular formula is C16H16N2O2. The molecular weight excluding hydrogens is 252 g/mol. The molecule has 0 bridgehead atoms. The van der Waals surface area contributed by atoms with Crippen molar-refractivity contribution < 1.29 is 9.84 Å². The number of fused-ring (bicyclic) bond motifs is 1. The van der Waals surface area contributed by atoms with Crippen molar-refractivity contribution in [3.05, 3.63) is 59.8 Å². The van der Waals surface area contributed by atoms with E-state index in [1.807, 2.05) is 30.3 Å². The summed E-state index contributed by atoms with van der Waals surface area (Å²) in [6.45, 7) is 0.880. The average molecular weight is 268 g/mol. The molecule has 1 aromatic heterocycles. The number of nitrogens with one attached hydrogen (secondary N) is 1. The van der Waals surface area contributed by atoms with Crippen molar-refractivity contribution in [2.45, 2.75) is 13.2 Å². The summed E-state index contributed by atoms with van der Waals surface area (Å²) < 4.78 is 5.61. The van der Waals surface area contributed by atoms with E-state index in [0.29, 0.717) is 18.9 Å². The van der Waals surface area contributed by atoms with Crippen LogP contribution in [0.4, 0.5) is 0 Å². The van der Waals surface area contributed by atoms with Gasteiger partial charge in [-0.2, -0.15) is 0 Å². The van der Waals surface area contributed by atoms with E-state index in [2.05, 4.69) is 4.98 Å². The van der Waals surface area contributed by atoms with E-state index >= 15 is 0 Å². The highest BCUT2D eigenvalue weighted by Crippen LogP contribution is 2.26. The molecule has 20 heavy (non-hydrogen) atoms. The molecule has 0 radical (unpaired) electrons. The van der Waals surface area contributed by atoms with Crippen molar-refractivity contribution >= 4 is 10.9 Å². The lowest BCUT2D eigenvalue weighted by Gasteiger charge is -2.05. The first-order valence-electron chi connectivity index (χ1n) is 6.48. The number of aromatic amines is 1. The molecule has 2 aromatic carbocycles. The van der Waals surface area contributed by atoms with E-state index in [9.17, 15) is 5.11 Å². The first-order valence-corrected chi connectivity index (χ1v) is 6.48. The van der Waals surface area contributed by atoms with E-state index in [-0.39, 0.29) is 5.75 Å². The minimum atomic E-state index is 0.145. The fourth-order valence-corrected chi connectivity index (χ4v) is 2.27. The Hall–Kier alpha value is -2.46. The summed E-state index contributed by atoms with van der Waals surface area (Å²) in [5.41, 5.74) is 8.83. The Labute approximate surface area is 116 Å². The van der Waals surface area contributed by atoms with Crippen LogP contribution in [0.2, 0.25) is 0 Å². The molecule has 0 unspecified atom stereocenters. The number of nitrogens with two attached hydrogens (primary N) is 1. The molecule has 0 amide bonds. The van der Waals surface area contributed by atoms with E-state index in [0.717, 1.165) is 22.2 Å². The third kappa shape index (κ3) is 2.33. The van der Waals surface area contributed by atoms with Gasteiger partial charge in [-0.25, -0.2) is 0 Å². The fraction of sp³-hybridized carbons (Fsp3) is 0.125. The quantitative estimate of drug-likeness (QED) is 0.681. The summed E-state index contributed by atoms with van der Waals surface area (Å²) in [6.07, 6.45) is 0. The highest BCUT2D eigenvalue weighted by Gasteiger charge is 2.06. The van der Waals surface area contributed by atoms with Crippen LogP contribution in [0.25, 0.3) is 10.9 Å². The van der Waals surface area contributed by atoms with Gasteiger partial charge in [-0.05, 0) is 29.8 Å². The van der Waals surface area contributed by atoms with E-state index in [4.69, 9.17) is 10.5 Å². The number of H-pyrrole nitrogens is 1. The summed E-state index contributed by atoms with van der Waals surface area (Å²) in [7, 11) is 0. The predicted molar refractivity (Wildman–Crippen MR) is 78.6 cm³/mol. The second-order valence-electron chi connectivity index (χ2n) is 4.63. The minimum Gasteiger partial charge on any atom is -0.504 e. The molecule has 0 aliphatic carbocycles. The average Bonchev–Trinajstić information content (AvgIpc) is 2.89. The van der Waals surface area contributed by atoms with Gasteiger partial charge < -0.3 is 20.6 Å². The Kier molecular flexibility index (Phi) is 3.31. The monoisotopic (exact) mass is 268 g/mol. The second-order valence-corrected chi connectivity index (χ2v) is 4.63. The Morgan fingerprint density at radius 2 is 1.95 bits per heavy atom. The van der Waals surface area contributed by atoms with Gasteiger partial charge in [-0.1, -0.05) is 24.3 Å². The zero-order valence-corrected chi connectivity index (χ0v) is 11.0. The Morgan fingerprint density at radius 3 is 2.75 bits per heavy atom. The standard InChI is InChI=1S/C16H16N2O2/c17-9-11-4-3-5-14-13(11)8-12(18-14)10-20-16-7-2-1-6-15(16)19/h1-8,18-19H,9-10,17H2. The molecule has 1 heterocycles. The lowest BCUT2D eigenvalue weighted by atomic mass is 10.1. The van der Waals surface area contributed by atoms with Gasteiger partial charge in [-0.3, -0.25) is 0 Å². The second kappa shape index (κ2) is 5.27. The molecule has 3 aromatic rings. The number of phenols is 1. The molecule has 0 saturated carbocycles. The van der Waals surface area contributed by atoms with Crippen LogP contribution in [0.1, 0.15) is 11.3 Å². The maximum atomic E-state index is 9.66. The van der Waals surface area contributed by atoms with Crippen molar-refractivity contribution in [1.29, 1.82) is 0 Å². The smallest absolute Gasteiger partial charge is 0.161 e. The predicted octanol–water partition coefficient (Wildman–Crippen LogP) is 2.91. The minimum absolute atomic E-state index is 0.145. The highest BCUT2D eigenvalue weighted by molar-refractivity contribution is 5.83. The number of rotatable bonds is 4. The molecule has 4 nitrogen and oxygen atoms in total. The summed E-state index contributed by atoms with van der Waals surface area (Å²) in [5, 5.41) is 10.8. The van der Waals surface area contributed by atoms with Crippen LogP contribution in [0.5, 0.6) is 11.5 Å². The summed E-state index contributed by atoms with van der Waals surface area (Å²) in [4.78, 5) is 3.30. The van der Waals surface area contributed by atoms with Gasteiger partial charge in [0, 0.05) is 17.4 Å². The molecule has 0 aliphatic heterocycles. The Balaban J connectivity index is 1.83. The fourth-order valence-electron chi connectivity index (χ4n) is 2.27. The van der Waals surface area contributed by atoms with E-state index in [1.54, 1.807) is 18.2 Å². The molecule has 0 saturated heterocycles. The molecule has 0 aliphatic rings. The third-order valence-corrected chi connectivity index (χ3v) is 3.28. The zero-order chi connectivity index (χ0) is 13.9. The number of ether oxygens (including phenoxy) is 1. The topological polar surface area (TPSA) is 71.3 Å². The summed E-state index contributed by atoms with van der Waals surface area (Å²) in [5.74, 6) is 0.622. The molecule has 4 N–H and O–H groups in total. The van der Waals surface area contributed by atoms with Crippen LogP contribution >= 0.6 is 0 Å². The number of aromatic nitrogens is 1. The maximum absolute atomic E-state index is 9.66. The van der Waals surface area contributed by atoms with Gasteiger partial charge in [0.25, 0.3) is 0 Å². The number of hydrogen-bond donors (Lipinski definition) is 3. The Morgan fingerprint density at radius 1 is 1.10 bits per heavy atom. The highest BCUT2D eigenvalue weighted by atomic mass is 16.5. The number of benzene rings is 2. The van der Waals surface area contributed by atoms with Crippen LogP contribution in [0.3, 0.4) is 0 Å². The summed E-state index contributed by atoms with van der Waals surface area (Å²) in [6, 6.07) is 15.0. The van der Waals surface area contributed by atoms with Crippen LogP contribution < -0.4 is 10.5 Å². The molecule has 0 spiro atoms. The van der Waals surface area contributed by atoms with Gasteiger partial charge in [0.05, 0.1) is 5.69 Å². The lowest BCUT2D eigenvalue weighted by Crippen LogP contribution is -1.96. The van der Waals surface area contributed by atoms with Gasteiger partial charge in [0.1, 0.15) is 6.61 Å². The van der Waals surface area contributed by atoms with Crippen molar-refractivity contribution in [3.8, 4) is 11.5 Å². The normalized spacial score (nSPS) is 10.8. The molecule has 3 rings (SSSR count). The van der Waals surface area contributed by atoms with Crippen molar-refractivity contribution in [3.63, 3.8) is 0 Å². The van der Waals surface area contributed by atoms with E-state index in [1.165, 1.54) is 0 Å². The molecule has 0 fully saturated rings. The maximum Gasteiger partial charge on any atom is 0.161 e. The van der Waals surface area contributed by atoms with Crippen molar-refractivity contribution in [1.82, 2.24) is 4.98 Å². The van der Waals surface area contributed by atoms with Gasteiger partial charge in [-0.15, -0.1) is 0 Å².